The molecule has 1 amide bonds. The van der Waals surface area contributed by atoms with Crippen LogP contribution in [0.4, 0.5) is 5.69 Å². The number of nitro groups is 1. The zero-order valence-electron chi connectivity index (χ0n) is 13.1. The van der Waals surface area contributed by atoms with Crippen LogP contribution in [0.5, 0.6) is 0 Å². The summed E-state index contributed by atoms with van der Waals surface area (Å²) in [6.45, 7) is 2.13. The molecule has 2 aromatic heterocycles. The van der Waals surface area contributed by atoms with E-state index in [4.69, 9.17) is 0 Å². The van der Waals surface area contributed by atoms with Crippen LogP contribution in [0.2, 0.25) is 0 Å². The number of fused-ring (bicyclic) bond motifs is 1. The number of aromatic nitrogens is 3. The minimum Gasteiger partial charge on any atom is -0.361 e. The van der Waals surface area contributed by atoms with Gasteiger partial charge in [0.25, 0.3) is 0 Å². The van der Waals surface area contributed by atoms with E-state index < -0.39 is 11.0 Å². The van der Waals surface area contributed by atoms with Crippen molar-refractivity contribution < 1.29 is 9.72 Å². The summed E-state index contributed by atoms with van der Waals surface area (Å²) in [5.41, 5.74) is 2.07. The van der Waals surface area contributed by atoms with Gasteiger partial charge in [-0.2, -0.15) is 5.10 Å². The van der Waals surface area contributed by atoms with E-state index in [1.807, 2.05) is 30.5 Å². The lowest BCUT2D eigenvalue weighted by molar-refractivity contribution is -0.385. The molecule has 0 aliphatic heterocycles. The van der Waals surface area contributed by atoms with E-state index in [1.165, 1.54) is 10.9 Å². The second kappa shape index (κ2) is 6.53. The Morgan fingerprint density at radius 1 is 1.46 bits per heavy atom. The molecule has 8 nitrogen and oxygen atoms in total. The lowest BCUT2D eigenvalue weighted by atomic mass is 10.1. The number of hydrogen-bond acceptors (Lipinski definition) is 4. The SMILES string of the molecule is CC(C(=O)NCCc1c[nH]c2ccccc12)n1cc([N+](=O)[O-])cn1. The second-order valence-electron chi connectivity index (χ2n) is 5.51. The quantitative estimate of drug-likeness (QED) is 0.534. The smallest absolute Gasteiger partial charge is 0.307 e. The van der Waals surface area contributed by atoms with E-state index in [0.29, 0.717) is 13.0 Å². The number of aromatic amines is 1. The van der Waals surface area contributed by atoms with Gasteiger partial charge >= 0.3 is 5.69 Å². The Bertz CT molecular complexity index is 883. The molecule has 2 heterocycles. The van der Waals surface area contributed by atoms with Gasteiger partial charge in [0.15, 0.2) is 0 Å². The Balaban J connectivity index is 1.57. The largest absolute Gasteiger partial charge is 0.361 e. The van der Waals surface area contributed by atoms with Crippen LogP contribution in [-0.4, -0.2) is 32.1 Å². The summed E-state index contributed by atoms with van der Waals surface area (Å²) in [5.74, 6) is -0.229. The first-order valence-corrected chi connectivity index (χ1v) is 7.57. The van der Waals surface area contributed by atoms with Gasteiger partial charge in [-0.1, -0.05) is 18.2 Å². The van der Waals surface area contributed by atoms with Crippen molar-refractivity contribution >= 4 is 22.5 Å². The first-order chi connectivity index (χ1) is 11.6. The van der Waals surface area contributed by atoms with Crippen LogP contribution < -0.4 is 5.32 Å². The van der Waals surface area contributed by atoms with E-state index in [0.717, 1.165) is 22.7 Å². The second-order valence-corrected chi connectivity index (χ2v) is 5.51. The number of nitrogens with zero attached hydrogens (tertiary/aromatic N) is 3. The van der Waals surface area contributed by atoms with E-state index in [1.54, 1.807) is 6.92 Å². The van der Waals surface area contributed by atoms with Gasteiger partial charge in [0.05, 0.1) is 4.92 Å². The normalized spacial score (nSPS) is 12.2. The molecule has 0 bridgehead atoms. The molecule has 8 heteroatoms. The highest BCUT2D eigenvalue weighted by Gasteiger charge is 2.18. The standard InChI is InChI=1S/C16H17N5O3/c1-11(20-10-13(9-19-20)21(23)24)16(22)17-7-6-12-8-18-15-5-3-2-4-14(12)15/h2-5,8-11,18H,6-7H2,1H3,(H,17,22). The van der Waals surface area contributed by atoms with Crippen molar-refractivity contribution in [3.63, 3.8) is 0 Å². The highest BCUT2D eigenvalue weighted by atomic mass is 16.6. The zero-order valence-corrected chi connectivity index (χ0v) is 13.1. The summed E-state index contributed by atoms with van der Waals surface area (Å²) >= 11 is 0. The summed E-state index contributed by atoms with van der Waals surface area (Å²) in [4.78, 5) is 25.5. The minimum atomic E-state index is -0.610. The van der Waals surface area contributed by atoms with Crippen molar-refractivity contribution in [3.8, 4) is 0 Å². The summed E-state index contributed by atoms with van der Waals surface area (Å²) in [7, 11) is 0. The number of para-hydroxylation sites is 1. The highest BCUT2D eigenvalue weighted by molar-refractivity contribution is 5.83. The average Bonchev–Trinajstić information content (AvgIpc) is 3.21. The van der Waals surface area contributed by atoms with Gasteiger partial charge in [-0.15, -0.1) is 0 Å². The number of hydrogen-bond donors (Lipinski definition) is 2. The van der Waals surface area contributed by atoms with Crippen molar-refractivity contribution in [3.05, 3.63) is 58.5 Å². The fourth-order valence-corrected chi connectivity index (χ4v) is 2.56. The molecule has 24 heavy (non-hydrogen) atoms. The number of H-pyrrole nitrogens is 1. The van der Waals surface area contributed by atoms with E-state index in [2.05, 4.69) is 15.4 Å². The molecule has 1 atom stereocenters. The molecule has 2 N–H and O–H groups in total. The Morgan fingerprint density at radius 3 is 3.00 bits per heavy atom. The third-order valence-corrected chi connectivity index (χ3v) is 3.94. The van der Waals surface area contributed by atoms with E-state index in [-0.39, 0.29) is 11.6 Å². The van der Waals surface area contributed by atoms with Crippen LogP contribution in [-0.2, 0) is 11.2 Å². The van der Waals surface area contributed by atoms with Gasteiger partial charge in [-0.25, -0.2) is 0 Å². The molecular formula is C16H17N5O3. The third kappa shape index (κ3) is 3.12. The summed E-state index contributed by atoms with van der Waals surface area (Å²) < 4.78 is 1.29. The van der Waals surface area contributed by atoms with Crippen LogP contribution in [0.3, 0.4) is 0 Å². The van der Waals surface area contributed by atoms with Crippen LogP contribution in [0.1, 0.15) is 18.5 Å². The maximum absolute atomic E-state index is 12.2. The van der Waals surface area contributed by atoms with Gasteiger partial charge in [0, 0.05) is 23.6 Å². The molecule has 0 radical (unpaired) electrons. The van der Waals surface area contributed by atoms with Crippen molar-refractivity contribution in [2.75, 3.05) is 6.54 Å². The fraction of sp³-hybridized carbons (Fsp3) is 0.250. The number of rotatable bonds is 6. The maximum Gasteiger partial charge on any atom is 0.307 e. The first-order valence-electron chi connectivity index (χ1n) is 7.57. The predicted octanol–water partition coefficient (Wildman–Crippen LogP) is 2.19. The fourth-order valence-electron chi connectivity index (χ4n) is 2.56. The molecule has 124 valence electrons. The first kappa shape index (κ1) is 15.7. The minimum absolute atomic E-state index is 0.131. The number of carbonyl (C=O) groups excluding carboxylic acids is 1. The number of nitrogens with one attached hydrogen (secondary N) is 2. The van der Waals surface area contributed by atoms with Gasteiger partial charge < -0.3 is 10.3 Å². The molecule has 0 aliphatic rings. The molecule has 1 unspecified atom stereocenters. The maximum atomic E-state index is 12.2. The number of carbonyl (C=O) groups is 1. The van der Waals surface area contributed by atoms with Crippen LogP contribution >= 0.6 is 0 Å². The molecule has 1 aromatic carbocycles. The number of amides is 1. The van der Waals surface area contributed by atoms with E-state index >= 15 is 0 Å². The lowest BCUT2D eigenvalue weighted by Crippen LogP contribution is -2.32. The van der Waals surface area contributed by atoms with Crippen molar-refractivity contribution in [2.24, 2.45) is 0 Å². The van der Waals surface area contributed by atoms with Gasteiger partial charge in [-0.05, 0) is 25.0 Å². The molecule has 0 aliphatic carbocycles. The van der Waals surface area contributed by atoms with Crippen LogP contribution in [0.25, 0.3) is 10.9 Å². The van der Waals surface area contributed by atoms with Crippen molar-refractivity contribution in [1.82, 2.24) is 20.1 Å². The van der Waals surface area contributed by atoms with Crippen molar-refractivity contribution in [2.45, 2.75) is 19.4 Å². The summed E-state index contributed by atoms with van der Waals surface area (Å²) in [6.07, 6.45) is 5.03. The van der Waals surface area contributed by atoms with Gasteiger partial charge in [0.1, 0.15) is 18.4 Å². The Labute approximate surface area is 137 Å². The Morgan fingerprint density at radius 2 is 2.25 bits per heavy atom. The van der Waals surface area contributed by atoms with Gasteiger partial charge in [-0.3, -0.25) is 19.6 Å². The number of benzene rings is 1. The van der Waals surface area contributed by atoms with Gasteiger partial charge in [0.2, 0.25) is 5.91 Å². The Hall–Kier alpha value is -3.16. The molecule has 0 saturated heterocycles. The summed E-state index contributed by atoms with van der Waals surface area (Å²) in [6, 6.07) is 7.38. The molecule has 3 aromatic rings. The molecular weight excluding hydrogens is 310 g/mol. The molecule has 0 fully saturated rings. The summed E-state index contributed by atoms with van der Waals surface area (Å²) in [5, 5.41) is 18.5. The topological polar surface area (TPSA) is 106 Å². The Kier molecular flexibility index (Phi) is 4.28. The average molecular weight is 327 g/mol. The molecule has 3 rings (SSSR count). The highest BCUT2D eigenvalue weighted by Crippen LogP contribution is 2.18. The zero-order chi connectivity index (χ0) is 17.1. The monoisotopic (exact) mass is 327 g/mol. The van der Waals surface area contributed by atoms with Crippen LogP contribution in [0.15, 0.2) is 42.9 Å². The molecule has 0 spiro atoms. The van der Waals surface area contributed by atoms with Crippen LogP contribution in [0, 0.1) is 10.1 Å². The van der Waals surface area contributed by atoms with Crippen molar-refractivity contribution in [1.29, 1.82) is 0 Å². The third-order valence-electron chi connectivity index (χ3n) is 3.94. The van der Waals surface area contributed by atoms with E-state index in [9.17, 15) is 14.9 Å². The molecule has 0 saturated carbocycles. The predicted molar refractivity (Wildman–Crippen MR) is 88.6 cm³/mol. The lowest BCUT2D eigenvalue weighted by Gasteiger charge is -2.12.